The van der Waals surface area contributed by atoms with E-state index in [2.05, 4.69) is 55.4 Å². The van der Waals surface area contributed by atoms with Crippen LogP contribution in [0, 0.1) is 23.7 Å². The lowest BCUT2D eigenvalue weighted by Crippen LogP contribution is -2.30. The van der Waals surface area contributed by atoms with Gasteiger partial charge in [0.1, 0.15) is 19.3 Å². The molecule has 4 unspecified atom stereocenters. The van der Waals surface area contributed by atoms with E-state index < -0.39 is 97.5 Å². The van der Waals surface area contributed by atoms with Crippen LogP contribution in [0.15, 0.2) is 0 Å². The SMILES string of the molecule is CCC(C)CCCCCCCCCCC(=O)O[C@H](COC(=O)CCCCCCCCCC(C)C)COP(=O)(O)OCC(O)COP(=O)(O)OC[C@@H](COC(=O)CCCCCCCCCCCCCCCC(C)C)OC(=O)CCCCCCCCCCC(C)C. The molecule has 0 aromatic heterocycles. The maximum Gasteiger partial charge on any atom is 0.472 e. The highest BCUT2D eigenvalue weighted by Gasteiger charge is 2.30. The van der Waals surface area contributed by atoms with E-state index in [0.717, 1.165) is 114 Å². The van der Waals surface area contributed by atoms with E-state index in [4.69, 9.17) is 37.0 Å². The lowest BCUT2D eigenvalue weighted by molar-refractivity contribution is -0.161. The number of ether oxygens (including phenoxy) is 4. The first-order chi connectivity index (χ1) is 42.6. The highest BCUT2D eigenvalue weighted by molar-refractivity contribution is 7.47. The number of carbonyl (C=O) groups excluding carboxylic acids is 4. The molecule has 0 aliphatic rings. The van der Waals surface area contributed by atoms with Crippen LogP contribution in [0.25, 0.3) is 0 Å². The van der Waals surface area contributed by atoms with Crippen LogP contribution in [-0.4, -0.2) is 96.7 Å². The second-order valence-electron chi connectivity index (χ2n) is 26.9. The zero-order valence-corrected chi connectivity index (χ0v) is 59.8. The Balaban J connectivity index is 5.24. The first-order valence-corrected chi connectivity index (χ1v) is 39.2. The van der Waals surface area contributed by atoms with Crippen molar-refractivity contribution >= 4 is 39.5 Å². The Morgan fingerprint density at radius 2 is 0.539 bits per heavy atom. The van der Waals surface area contributed by atoms with Gasteiger partial charge in [-0.05, 0) is 49.4 Å². The second-order valence-corrected chi connectivity index (χ2v) is 29.8. The summed E-state index contributed by atoms with van der Waals surface area (Å²) in [6.45, 7) is 14.1. The van der Waals surface area contributed by atoms with Gasteiger partial charge in [0.2, 0.25) is 0 Å². The molecule has 0 rings (SSSR count). The van der Waals surface area contributed by atoms with Gasteiger partial charge in [0.15, 0.2) is 12.2 Å². The van der Waals surface area contributed by atoms with E-state index in [9.17, 15) is 43.2 Å². The fourth-order valence-electron chi connectivity index (χ4n) is 10.5. The van der Waals surface area contributed by atoms with Crippen LogP contribution in [0.3, 0.4) is 0 Å². The number of rotatable bonds is 67. The van der Waals surface area contributed by atoms with Gasteiger partial charge in [-0.1, -0.05) is 293 Å². The summed E-state index contributed by atoms with van der Waals surface area (Å²) in [5.74, 6) is 0.851. The number of hydrogen-bond donors (Lipinski definition) is 3. The number of esters is 4. The van der Waals surface area contributed by atoms with Crippen LogP contribution in [-0.2, 0) is 65.4 Å². The van der Waals surface area contributed by atoms with Crippen LogP contribution in [0.2, 0.25) is 0 Å². The molecule has 0 aliphatic heterocycles. The first-order valence-electron chi connectivity index (χ1n) is 36.2. The van der Waals surface area contributed by atoms with Gasteiger partial charge < -0.3 is 33.8 Å². The third-order valence-corrected chi connectivity index (χ3v) is 18.3. The Morgan fingerprint density at radius 3 is 0.798 bits per heavy atom. The minimum atomic E-state index is -4.95. The summed E-state index contributed by atoms with van der Waals surface area (Å²) in [6, 6.07) is 0. The number of aliphatic hydroxyl groups is 1. The van der Waals surface area contributed by atoms with E-state index in [1.807, 2.05) is 0 Å². The third kappa shape index (κ3) is 63.2. The predicted molar refractivity (Wildman–Crippen MR) is 358 cm³/mol. The van der Waals surface area contributed by atoms with Gasteiger partial charge in [-0.3, -0.25) is 37.3 Å². The number of hydrogen-bond acceptors (Lipinski definition) is 15. The van der Waals surface area contributed by atoms with Crippen LogP contribution in [0.4, 0.5) is 0 Å². The monoisotopic (exact) mass is 1310 g/mol. The molecule has 3 N–H and O–H groups in total. The molecule has 0 saturated heterocycles. The van der Waals surface area contributed by atoms with Gasteiger partial charge in [0, 0.05) is 25.7 Å². The average Bonchev–Trinajstić information content (AvgIpc) is 3.67. The Kier molecular flexibility index (Phi) is 58.5. The number of phosphoric ester groups is 2. The minimum absolute atomic E-state index is 0.104. The Morgan fingerprint density at radius 1 is 0.315 bits per heavy atom. The molecule has 0 heterocycles. The summed E-state index contributed by atoms with van der Waals surface area (Å²) < 4.78 is 68.3. The first kappa shape index (κ1) is 87.1. The zero-order chi connectivity index (χ0) is 66.1. The molecule has 528 valence electrons. The molecular formula is C70H136O17P2. The van der Waals surface area contributed by atoms with Crippen LogP contribution < -0.4 is 0 Å². The standard InChI is InChI=1S/C70H136O17P2/c1-9-63(8)49-41-33-25-18-20-28-37-45-53-70(75)87-66(57-81-68(73)51-43-35-29-21-24-32-40-48-62(6)7)59-85-89(78,79)83-55-64(71)54-82-88(76,77)84-58-65(86-69(74)52-44-36-27-19-17-23-31-39-47-61(4)5)56-80-67(72)50-42-34-26-16-14-12-10-11-13-15-22-30-38-46-60(2)3/h60-66,71H,9-59H2,1-8H3,(H,76,77)(H,78,79)/t63?,64?,65-,66-/m1/s1. The quantitative estimate of drug-likeness (QED) is 0.0222. The van der Waals surface area contributed by atoms with E-state index in [-0.39, 0.29) is 25.7 Å². The van der Waals surface area contributed by atoms with Crippen molar-refractivity contribution in [3.63, 3.8) is 0 Å². The summed E-state index contributed by atoms with van der Waals surface area (Å²) in [6.07, 6.45) is 41.8. The molecule has 0 fully saturated rings. The summed E-state index contributed by atoms with van der Waals surface area (Å²) in [7, 11) is -9.90. The van der Waals surface area contributed by atoms with E-state index in [1.165, 1.54) is 141 Å². The van der Waals surface area contributed by atoms with Gasteiger partial charge >= 0.3 is 39.5 Å². The number of phosphoric acid groups is 2. The van der Waals surface area contributed by atoms with Crippen molar-refractivity contribution < 1.29 is 80.2 Å². The van der Waals surface area contributed by atoms with Crippen molar-refractivity contribution in [3.05, 3.63) is 0 Å². The summed E-state index contributed by atoms with van der Waals surface area (Å²) >= 11 is 0. The maximum atomic E-state index is 13.0. The lowest BCUT2D eigenvalue weighted by Gasteiger charge is -2.21. The van der Waals surface area contributed by atoms with E-state index in [1.54, 1.807) is 0 Å². The van der Waals surface area contributed by atoms with Gasteiger partial charge in [-0.2, -0.15) is 0 Å². The molecule has 19 heteroatoms. The highest BCUT2D eigenvalue weighted by atomic mass is 31.2. The van der Waals surface area contributed by atoms with Gasteiger partial charge in [-0.25, -0.2) is 9.13 Å². The minimum Gasteiger partial charge on any atom is -0.462 e. The molecule has 0 aromatic rings. The number of aliphatic hydroxyl groups excluding tert-OH is 1. The normalized spacial score (nSPS) is 14.6. The molecule has 0 bridgehead atoms. The third-order valence-electron chi connectivity index (χ3n) is 16.4. The van der Waals surface area contributed by atoms with Crippen molar-refractivity contribution in [1.82, 2.24) is 0 Å². The molecule has 0 aliphatic carbocycles. The van der Waals surface area contributed by atoms with Crippen LogP contribution in [0.5, 0.6) is 0 Å². The topological polar surface area (TPSA) is 237 Å². The van der Waals surface area contributed by atoms with Gasteiger partial charge in [0.05, 0.1) is 26.4 Å². The highest BCUT2D eigenvalue weighted by Crippen LogP contribution is 2.45. The predicted octanol–water partition coefficient (Wildman–Crippen LogP) is 19.7. The summed E-state index contributed by atoms with van der Waals surface area (Å²) in [5, 5.41) is 10.6. The van der Waals surface area contributed by atoms with Crippen LogP contribution >= 0.6 is 15.6 Å². The fraction of sp³-hybridized carbons (Fsp3) is 0.943. The average molecular weight is 1310 g/mol. The van der Waals surface area contributed by atoms with Gasteiger partial charge in [0.25, 0.3) is 0 Å². The Hall–Kier alpha value is -1.94. The maximum absolute atomic E-state index is 13.0. The molecule has 0 spiro atoms. The Labute approximate surface area is 543 Å². The van der Waals surface area contributed by atoms with E-state index >= 15 is 0 Å². The number of carbonyl (C=O) groups is 4. The molecule has 0 radical (unpaired) electrons. The van der Waals surface area contributed by atoms with Crippen molar-refractivity contribution in [2.45, 2.75) is 363 Å². The van der Waals surface area contributed by atoms with Crippen molar-refractivity contribution in [2.75, 3.05) is 39.6 Å². The molecule has 0 saturated carbocycles. The largest absolute Gasteiger partial charge is 0.472 e. The smallest absolute Gasteiger partial charge is 0.462 e. The second kappa shape index (κ2) is 59.8. The molecule has 6 atom stereocenters. The molecule has 0 amide bonds. The van der Waals surface area contributed by atoms with Gasteiger partial charge in [-0.15, -0.1) is 0 Å². The fourth-order valence-corrected chi connectivity index (χ4v) is 12.0. The lowest BCUT2D eigenvalue weighted by atomic mass is 9.99. The molecule has 0 aromatic carbocycles. The summed E-state index contributed by atoms with van der Waals surface area (Å²) in [5.41, 5.74) is 0. The van der Waals surface area contributed by atoms with Crippen molar-refractivity contribution in [2.24, 2.45) is 23.7 Å². The molecular weight excluding hydrogens is 1170 g/mol. The van der Waals surface area contributed by atoms with Crippen molar-refractivity contribution in [3.8, 4) is 0 Å². The molecule has 17 nitrogen and oxygen atoms in total. The summed E-state index contributed by atoms with van der Waals surface area (Å²) in [4.78, 5) is 72.5. The molecule has 89 heavy (non-hydrogen) atoms. The van der Waals surface area contributed by atoms with Crippen molar-refractivity contribution in [1.29, 1.82) is 0 Å². The zero-order valence-electron chi connectivity index (χ0n) is 58.1. The van der Waals surface area contributed by atoms with E-state index in [0.29, 0.717) is 31.6 Å². The Bertz CT molecular complexity index is 1770. The van der Waals surface area contributed by atoms with Crippen LogP contribution in [0.1, 0.15) is 344 Å². The number of unbranched alkanes of at least 4 members (excludes halogenated alkanes) is 32.